The first-order chi connectivity index (χ1) is 14.5. The van der Waals surface area contributed by atoms with Crippen LogP contribution in [0.3, 0.4) is 0 Å². The number of carbonyl (C=O) groups is 1. The molecule has 0 aliphatic carbocycles. The molecule has 0 N–H and O–H groups in total. The Morgan fingerprint density at radius 2 is 2.07 bits per heavy atom. The third-order valence-electron chi connectivity index (χ3n) is 4.29. The van der Waals surface area contributed by atoms with Crippen molar-refractivity contribution in [3.05, 3.63) is 68.3 Å². The molecular formula is C20H16N2O7S. The summed E-state index contributed by atoms with van der Waals surface area (Å²) in [6, 6.07) is 9.91. The second kappa shape index (κ2) is 8.37. The average molecular weight is 428 g/mol. The molecule has 0 fully saturated rings. The van der Waals surface area contributed by atoms with Gasteiger partial charge in [0.05, 0.1) is 25.0 Å². The van der Waals surface area contributed by atoms with E-state index in [1.54, 1.807) is 24.3 Å². The Hall–Kier alpha value is -3.66. The van der Waals surface area contributed by atoms with E-state index in [0.717, 1.165) is 9.56 Å². The van der Waals surface area contributed by atoms with Crippen molar-refractivity contribution in [1.29, 1.82) is 0 Å². The van der Waals surface area contributed by atoms with Crippen molar-refractivity contribution in [2.75, 3.05) is 7.11 Å². The van der Waals surface area contributed by atoms with Crippen LogP contribution in [-0.4, -0.2) is 22.9 Å². The third-order valence-corrected chi connectivity index (χ3v) is 5.15. The Bertz CT molecular complexity index is 1300. The van der Waals surface area contributed by atoms with E-state index in [-0.39, 0.29) is 25.5 Å². The molecule has 1 aromatic carbocycles. The van der Waals surface area contributed by atoms with Gasteiger partial charge < -0.3 is 18.3 Å². The fourth-order valence-corrected chi connectivity index (χ4v) is 3.48. The standard InChI is InChI=1S/C20H16N2O7S/c1-26-13-4-5-14-12(9-18(24)28-15(14)10-13)11-27-17(23)6-7-22-20(25)29-19(21-22)16-3-2-8-30-16/h2-5,8-10H,6-7,11H2,1H3. The smallest absolute Gasteiger partial charge is 0.437 e. The summed E-state index contributed by atoms with van der Waals surface area (Å²) in [6.45, 7) is -0.0944. The highest BCUT2D eigenvalue weighted by molar-refractivity contribution is 7.13. The first-order valence-electron chi connectivity index (χ1n) is 8.92. The Morgan fingerprint density at radius 3 is 2.83 bits per heavy atom. The lowest BCUT2D eigenvalue weighted by molar-refractivity contribution is -0.145. The molecule has 30 heavy (non-hydrogen) atoms. The van der Waals surface area contributed by atoms with Crippen molar-refractivity contribution >= 4 is 28.3 Å². The molecule has 0 amide bonds. The van der Waals surface area contributed by atoms with Crippen LogP contribution in [0.1, 0.15) is 12.0 Å². The van der Waals surface area contributed by atoms with Crippen LogP contribution in [0.15, 0.2) is 60.2 Å². The van der Waals surface area contributed by atoms with Crippen LogP contribution in [0.5, 0.6) is 5.75 Å². The summed E-state index contributed by atoms with van der Waals surface area (Å²) in [7, 11) is 1.51. The van der Waals surface area contributed by atoms with E-state index in [2.05, 4.69) is 5.10 Å². The maximum Gasteiger partial charge on any atom is 0.437 e. The highest BCUT2D eigenvalue weighted by Crippen LogP contribution is 2.23. The van der Waals surface area contributed by atoms with E-state index in [9.17, 15) is 14.4 Å². The minimum absolute atomic E-state index is 0.0153. The molecule has 10 heteroatoms. The predicted octanol–water partition coefficient (Wildman–Crippen LogP) is 2.81. The number of carbonyl (C=O) groups excluding carboxylic acids is 1. The molecule has 4 rings (SSSR count). The first kappa shape index (κ1) is 19.6. The Morgan fingerprint density at radius 1 is 1.20 bits per heavy atom. The highest BCUT2D eigenvalue weighted by Gasteiger charge is 2.14. The largest absolute Gasteiger partial charge is 0.497 e. The van der Waals surface area contributed by atoms with Crippen LogP contribution in [0.25, 0.3) is 21.7 Å². The topological polar surface area (TPSA) is 114 Å². The molecule has 3 aromatic heterocycles. The molecule has 4 aromatic rings. The van der Waals surface area contributed by atoms with Crippen molar-refractivity contribution in [1.82, 2.24) is 9.78 Å². The summed E-state index contributed by atoms with van der Waals surface area (Å²) < 4.78 is 21.7. The van der Waals surface area contributed by atoms with Crippen molar-refractivity contribution in [2.45, 2.75) is 19.6 Å². The fraction of sp³-hybridized carbons (Fsp3) is 0.200. The van der Waals surface area contributed by atoms with Gasteiger partial charge in [0.15, 0.2) is 0 Å². The van der Waals surface area contributed by atoms with Crippen LogP contribution < -0.4 is 16.1 Å². The highest BCUT2D eigenvalue weighted by atomic mass is 32.1. The molecule has 0 bridgehead atoms. The Balaban J connectivity index is 1.41. The number of methoxy groups -OCH3 is 1. The summed E-state index contributed by atoms with van der Waals surface area (Å²) in [5.41, 5.74) is 0.288. The van der Waals surface area contributed by atoms with Crippen LogP contribution in [0.4, 0.5) is 0 Å². The van der Waals surface area contributed by atoms with Gasteiger partial charge in [-0.25, -0.2) is 9.59 Å². The zero-order valence-corrected chi connectivity index (χ0v) is 16.6. The molecule has 154 valence electrons. The molecule has 0 unspecified atom stereocenters. The van der Waals surface area contributed by atoms with Gasteiger partial charge >= 0.3 is 17.4 Å². The number of ether oxygens (including phenoxy) is 2. The Labute approximate surface area is 173 Å². The quantitative estimate of drug-likeness (QED) is 0.326. The average Bonchev–Trinajstić information content (AvgIpc) is 3.39. The lowest BCUT2D eigenvalue weighted by Gasteiger charge is -2.08. The maximum absolute atomic E-state index is 12.1. The number of thiophene rings is 1. The van der Waals surface area contributed by atoms with E-state index in [0.29, 0.717) is 22.3 Å². The summed E-state index contributed by atoms with van der Waals surface area (Å²) in [6.07, 6.45) is -0.0798. The minimum atomic E-state index is -0.646. The second-order valence-electron chi connectivity index (χ2n) is 6.24. The molecule has 0 atom stereocenters. The van der Waals surface area contributed by atoms with E-state index >= 15 is 0 Å². The normalized spacial score (nSPS) is 11.0. The monoisotopic (exact) mass is 428 g/mol. The number of fused-ring (bicyclic) bond motifs is 1. The van der Waals surface area contributed by atoms with Crippen molar-refractivity contribution in [3.8, 4) is 16.5 Å². The lowest BCUT2D eigenvalue weighted by atomic mass is 10.1. The van der Waals surface area contributed by atoms with E-state index < -0.39 is 17.4 Å². The minimum Gasteiger partial charge on any atom is -0.497 e. The van der Waals surface area contributed by atoms with Crippen molar-refractivity contribution < 1.29 is 23.1 Å². The van der Waals surface area contributed by atoms with Gasteiger partial charge in [-0.15, -0.1) is 16.4 Å². The molecule has 0 saturated heterocycles. The van der Waals surface area contributed by atoms with Crippen molar-refractivity contribution in [3.63, 3.8) is 0 Å². The summed E-state index contributed by atoms with van der Waals surface area (Å²) in [5, 5.41) is 6.56. The van der Waals surface area contributed by atoms with Crippen LogP contribution >= 0.6 is 11.3 Å². The first-order valence-corrected chi connectivity index (χ1v) is 9.79. The van der Waals surface area contributed by atoms with Gasteiger partial charge in [0.1, 0.15) is 17.9 Å². The number of hydrogen-bond donors (Lipinski definition) is 0. The number of benzene rings is 1. The Kier molecular flexibility index (Phi) is 5.48. The summed E-state index contributed by atoms with van der Waals surface area (Å²) >= 11 is 1.39. The zero-order valence-electron chi connectivity index (χ0n) is 15.8. The van der Waals surface area contributed by atoms with Gasteiger partial charge in [0.2, 0.25) is 0 Å². The molecule has 0 spiro atoms. The molecule has 0 aliphatic rings. The molecule has 0 saturated carbocycles. The maximum atomic E-state index is 12.1. The van der Waals surface area contributed by atoms with Gasteiger partial charge in [-0.1, -0.05) is 6.07 Å². The van der Waals surface area contributed by atoms with Crippen LogP contribution in [0.2, 0.25) is 0 Å². The van der Waals surface area contributed by atoms with E-state index in [1.165, 1.54) is 24.5 Å². The molecule has 9 nitrogen and oxygen atoms in total. The number of hydrogen-bond acceptors (Lipinski definition) is 9. The molecule has 3 heterocycles. The SMILES string of the molecule is COc1ccc2c(COC(=O)CCn3nc(-c4cccs4)oc3=O)cc(=O)oc2c1. The number of aryl methyl sites for hydroxylation is 1. The lowest BCUT2D eigenvalue weighted by Crippen LogP contribution is -2.19. The van der Waals surface area contributed by atoms with E-state index in [4.69, 9.17) is 18.3 Å². The van der Waals surface area contributed by atoms with Crippen LogP contribution in [-0.2, 0) is 22.7 Å². The van der Waals surface area contributed by atoms with Crippen molar-refractivity contribution in [2.24, 2.45) is 0 Å². The number of esters is 1. The fourth-order valence-electron chi connectivity index (χ4n) is 2.83. The number of nitrogens with zero attached hydrogens (tertiary/aromatic N) is 2. The zero-order chi connectivity index (χ0) is 21.1. The molecule has 0 radical (unpaired) electrons. The van der Waals surface area contributed by atoms with Crippen LogP contribution in [0, 0.1) is 0 Å². The predicted molar refractivity (Wildman–Crippen MR) is 108 cm³/mol. The third kappa shape index (κ3) is 4.18. The van der Waals surface area contributed by atoms with Gasteiger partial charge in [-0.2, -0.15) is 4.68 Å². The van der Waals surface area contributed by atoms with Gasteiger partial charge in [-0.3, -0.25) is 4.79 Å². The van der Waals surface area contributed by atoms with Gasteiger partial charge in [0.25, 0.3) is 5.89 Å². The molecular weight excluding hydrogens is 412 g/mol. The van der Waals surface area contributed by atoms with Gasteiger partial charge in [0, 0.05) is 23.1 Å². The van der Waals surface area contributed by atoms with Gasteiger partial charge in [-0.05, 0) is 23.6 Å². The second-order valence-corrected chi connectivity index (χ2v) is 7.18. The molecule has 0 aliphatic heterocycles. The summed E-state index contributed by atoms with van der Waals surface area (Å²) in [5.74, 6) is -0.440. The summed E-state index contributed by atoms with van der Waals surface area (Å²) in [4.78, 5) is 36.6. The number of rotatable bonds is 7. The van der Waals surface area contributed by atoms with E-state index in [1.807, 2.05) is 11.4 Å². The number of aromatic nitrogens is 2.